The molecule has 2 fully saturated rings. The van der Waals surface area contributed by atoms with E-state index in [9.17, 15) is 18.4 Å². The van der Waals surface area contributed by atoms with Crippen molar-refractivity contribution in [3.8, 4) is 5.75 Å². The minimum Gasteiger partial charge on any atom is -0.433 e. The first kappa shape index (κ1) is 24.3. The zero-order valence-corrected chi connectivity index (χ0v) is 18.6. The van der Waals surface area contributed by atoms with Crippen LogP contribution in [0.3, 0.4) is 0 Å². The van der Waals surface area contributed by atoms with Crippen molar-refractivity contribution < 1.29 is 27.8 Å². The maximum Gasteiger partial charge on any atom is 0.387 e. The Morgan fingerprint density at radius 1 is 1.38 bits per heavy atom. The number of ether oxygens (including phenoxy) is 2. The van der Waals surface area contributed by atoms with Gasteiger partial charge < -0.3 is 25.4 Å². The Hall–Kier alpha value is -2.30. The second-order valence-corrected chi connectivity index (χ2v) is 8.69. The fraction of sp³-hybridized carbons (Fsp3) is 0.636. The van der Waals surface area contributed by atoms with E-state index in [2.05, 4.69) is 28.8 Å². The summed E-state index contributed by atoms with van der Waals surface area (Å²) >= 11 is 0. The van der Waals surface area contributed by atoms with Gasteiger partial charge in [0, 0.05) is 37.9 Å². The molecule has 1 aromatic carbocycles. The fourth-order valence-corrected chi connectivity index (χ4v) is 3.86. The highest BCUT2D eigenvalue weighted by Gasteiger charge is 2.32. The van der Waals surface area contributed by atoms with Crippen LogP contribution >= 0.6 is 0 Å². The number of alkyl halides is 2. The fourth-order valence-electron chi connectivity index (χ4n) is 3.86. The van der Waals surface area contributed by atoms with Gasteiger partial charge >= 0.3 is 6.61 Å². The molecular formula is C22H32F2N4O4. The van der Waals surface area contributed by atoms with Gasteiger partial charge in [-0.1, -0.05) is 13.8 Å². The molecule has 1 atom stereocenters. The van der Waals surface area contributed by atoms with Crippen molar-refractivity contribution in [3.63, 3.8) is 0 Å². The highest BCUT2D eigenvalue weighted by Crippen LogP contribution is 2.34. The van der Waals surface area contributed by atoms with Crippen molar-refractivity contribution in [2.24, 2.45) is 17.6 Å². The summed E-state index contributed by atoms with van der Waals surface area (Å²) in [6, 6.07) is 3.83. The van der Waals surface area contributed by atoms with Gasteiger partial charge in [0.15, 0.2) is 5.75 Å². The molecule has 0 bridgehead atoms. The molecule has 1 aliphatic carbocycles. The Balaban J connectivity index is 1.78. The molecule has 178 valence electrons. The van der Waals surface area contributed by atoms with Crippen LogP contribution in [0.1, 0.15) is 26.7 Å². The summed E-state index contributed by atoms with van der Waals surface area (Å²) in [6.45, 7) is 3.19. The predicted octanol–water partition coefficient (Wildman–Crippen LogP) is 2.29. The van der Waals surface area contributed by atoms with Crippen LogP contribution in [0.2, 0.25) is 0 Å². The molecule has 1 heterocycles. The molecule has 3 N–H and O–H groups in total. The molecule has 0 spiro atoms. The molecule has 1 aliphatic heterocycles. The minimum absolute atomic E-state index is 0.128. The number of halogens is 2. The Morgan fingerprint density at radius 2 is 2.12 bits per heavy atom. The van der Waals surface area contributed by atoms with Gasteiger partial charge in [-0.25, -0.2) is 0 Å². The molecule has 1 aromatic rings. The number of hydrogen-bond acceptors (Lipinski definition) is 6. The number of nitrogens with zero attached hydrogens (tertiary/aromatic N) is 2. The molecule has 8 nitrogen and oxygen atoms in total. The second kappa shape index (κ2) is 11.0. The number of morpholine rings is 1. The van der Waals surface area contributed by atoms with Crippen molar-refractivity contribution >= 4 is 23.2 Å². The van der Waals surface area contributed by atoms with Gasteiger partial charge in [-0.05, 0) is 36.8 Å². The van der Waals surface area contributed by atoms with Crippen LogP contribution in [0.4, 0.5) is 20.2 Å². The highest BCUT2D eigenvalue weighted by atomic mass is 19.3. The number of carbonyl (C=O) groups is 2. The number of hydrogen-bond donors (Lipinski definition) is 2. The van der Waals surface area contributed by atoms with E-state index >= 15 is 0 Å². The molecule has 3 rings (SSSR count). The lowest BCUT2D eigenvalue weighted by molar-refractivity contribution is -0.126. The Labute approximate surface area is 187 Å². The summed E-state index contributed by atoms with van der Waals surface area (Å²) in [5.74, 6) is 0.125. The van der Waals surface area contributed by atoms with Crippen LogP contribution in [0, 0.1) is 11.8 Å². The third kappa shape index (κ3) is 6.60. The number of benzene rings is 1. The zero-order chi connectivity index (χ0) is 23.3. The summed E-state index contributed by atoms with van der Waals surface area (Å²) in [6.07, 6.45) is 2.31. The summed E-state index contributed by atoms with van der Waals surface area (Å²) in [4.78, 5) is 28.6. The van der Waals surface area contributed by atoms with Gasteiger partial charge in [0.05, 0.1) is 12.3 Å². The average molecular weight is 455 g/mol. The van der Waals surface area contributed by atoms with E-state index in [-0.39, 0.29) is 42.9 Å². The molecule has 32 heavy (non-hydrogen) atoms. The van der Waals surface area contributed by atoms with Gasteiger partial charge in [-0.15, -0.1) is 0 Å². The minimum atomic E-state index is -3.08. The smallest absolute Gasteiger partial charge is 0.387 e. The number of amides is 2. The van der Waals surface area contributed by atoms with E-state index in [1.807, 2.05) is 0 Å². The van der Waals surface area contributed by atoms with Gasteiger partial charge in [-0.3, -0.25) is 14.5 Å². The first-order valence-corrected chi connectivity index (χ1v) is 11.0. The Kier molecular flexibility index (Phi) is 8.38. The van der Waals surface area contributed by atoms with Crippen LogP contribution in [0.5, 0.6) is 5.75 Å². The molecule has 2 amide bonds. The van der Waals surface area contributed by atoms with Crippen molar-refractivity contribution in [1.29, 1.82) is 0 Å². The van der Waals surface area contributed by atoms with E-state index in [0.717, 1.165) is 25.9 Å². The molecule has 0 radical (unpaired) electrons. The first-order valence-electron chi connectivity index (χ1n) is 11.0. The monoisotopic (exact) mass is 454 g/mol. The average Bonchev–Trinajstić information content (AvgIpc) is 3.52. The number of nitrogens with two attached hydrogens (primary N) is 1. The molecule has 2 aliphatic rings. The van der Waals surface area contributed by atoms with Crippen LogP contribution in [0.25, 0.3) is 0 Å². The third-order valence-corrected chi connectivity index (χ3v) is 5.48. The summed E-state index contributed by atoms with van der Waals surface area (Å²) in [5, 5.41) is 2.78. The molecule has 0 unspecified atom stereocenters. The van der Waals surface area contributed by atoms with Crippen molar-refractivity contribution in [2.75, 3.05) is 49.6 Å². The Morgan fingerprint density at radius 3 is 2.72 bits per heavy atom. The van der Waals surface area contributed by atoms with Crippen LogP contribution in [-0.4, -0.2) is 68.8 Å². The van der Waals surface area contributed by atoms with Crippen LogP contribution in [0.15, 0.2) is 18.2 Å². The van der Waals surface area contributed by atoms with E-state index < -0.39 is 12.7 Å². The van der Waals surface area contributed by atoms with E-state index in [0.29, 0.717) is 24.1 Å². The van der Waals surface area contributed by atoms with Gasteiger partial charge in [0.25, 0.3) is 5.91 Å². The third-order valence-electron chi connectivity index (χ3n) is 5.48. The van der Waals surface area contributed by atoms with Crippen molar-refractivity contribution in [1.82, 2.24) is 4.90 Å². The maximum atomic E-state index is 13.0. The van der Waals surface area contributed by atoms with Crippen LogP contribution < -0.4 is 20.7 Å². The largest absolute Gasteiger partial charge is 0.433 e. The molecule has 1 saturated heterocycles. The Bertz CT molecular complexity index is 800. The van der Waals surface area contributed by atoms with Gasteiger partial charge in [-0.2, -0.15) is 8.78 Å². The number of nitrogens with one attached hydrogen (secondary N) is 1. The summed E-state index contributed by atoms with van der Waals surface area (Å²) in [7, 11) is 0. The standard InChI is InChI=1S/C22H32F2N4O4/c1-14(2)11-27(12-15-3-4-15)18(10-25)21(30)26-16-5-6-17(19(9-16)32-22(23)24)28-7-8-31-13-20(28)29/h5-6,9,14-15,18,22H,3-4,7-8,10-13,25H2,1-2H3,(H,26,30)/t18-/m1/s1. The highest BCUT2D eigenvalue weighted by molar-refractivity contribution is 5.98. The quantitative estimate of drug-likeness (QED) is 0.533. The summed E-state index contributed by atoms with van der Waals surface area (Å²) < 4.78 is 35.8. The number of anilines is 2. The summed E-state index contributed by atoms with van der Waals surface area (Å²) in [5.41, 5.74) is 6.46. The van der Waals surface area contributed by atoms with Gasteiger partial charge in [0.2, 0.25) is 5.91 Å². The molecule has 1 saturated carbocycles. The second-order valence-electron chi connectivity index (χ2n) is 8.69. The van der Waals surface area contributed by atoms with E-state index in [1.165, 1.54) is 17.0 Å². The normalized spacial score (nSPS) is 17.9. The van der Waals surface area contributed by atoms with Crippen LogP contribution in [-0.2, 0) is 14.3 Å². The molecular weight excluding hydrogens is 422 g/mol. The lowest BCUT2D eigenvalue weighted by Gasteiger charge is -2.31. The first-order chi connectivity index (χ1) is 15.3. The number of carbonyl (C=O) groups excluding carboxylic acids is 2. The zero-order valence-electron chi connectivity index (χ0n) is 18.6. The lowest BCUT2D eigenvalue weighted by atomic mass is 10.1. The van der Waals surface area contributed by atoms with Crippen molar-refractivity contribution in [3.05, 3.63) is 18.2 Å². The SMILES string of the molecule is CC(C)CN(CC1CC1)[C@H](CN)C(=O)Nc1ccc(N2CCOCC2=O)c(OC(F)F)c1. The topological polar surface area (TPSA) is 97.1 Å². The molecule has 10 heteroatoms. The van der Waals surface area contributed by atoms with Gasteiger partial charge in [0.1, 0.15) is 12.6 Å². The lowest BCUT2D eigenvalue weighted by Crippen LogP contribution is -2.50. The van der Waals surface area contributed by atoms with E-state index in [4.69, 9.17) is 10.5 Å². The van der Waals surface area contributed by atoms with Crippen molar-refractivity contribution in [2.45, 2.75) is 39.3 Å². The maximum absolute atomic E-state index is 13.0. The molecule has 0 aromatic heterocycles. The van der Waals surface area contributed by atoms with E-state index in [1.54, 1.807) is 6.07 Å². The predicted molar refractivity (Wildman–Crippen MR) is 117 cm³/mol. The number of rotatable bonds is 11.